The molecule has 5 nitrogen and oxygen atoms in total. The van der Waals surface area contributed by atoms with E-state index < -0.39 is 10.7 Å². The lowest BCUT2D eigenvalue weighted by atomic mass is 9.97. The van der Waals surface area contributed by atoms with E-state index >= 15 is 0 Å². The fourth-order valence-corrected chi connectivity index (χ4v) is 2.90. The predicted octanol–water partition coefficient (Wildman–Crippen LogP) is 5.47. The van der Waals surface area contributed by atoms with Gasteiger partial charge in [0.15, 0.2) is 5.78 Å². The molecule has 0 heterocycles. The Morgan fingerprint density at radius 1 is 1.07 bits per heavy atom. The molecule has 1 unspecified atom stereocenters. The normalized spacial score (nSPS) is 11.6. The van der Waals surface area contributed by atoms with Gasteiger partial charge in [0, 0.05) is 29.8 Å². The number of aryl methyl sites for hydroxylation is 1. The van der Waals surface area contributed by atoms with Crippen LogP contribution in [0.2, 0.25) is 0 Å². The van der Waals surface area contributed by atoms with E-state index in [9.17, 15) is 19.3 Å². The predicted molar refractivity (Wildman–Crippen MR) is 106 cm³/mol. The average Bonchev–Trinajstić information content (AvgIpc) is 2.68. The topological polar surface area (TPSA) is 72.2 Å². The highest BCUT2D eigenvalue weighted by molar-refractivity contribution is 5.96. The Morgan fingerprint density at radius 3 is 2.36 bits per heavy atom. The third-order valence-corrected chi connectivity index (χ3v) is 4.43. The minimum atomic E-state index is -0.464. The monoisotopic (exact) mass is 378 g/mol. The fourth-order valence-electron chi connectivity index (χ4n) is 2.90. The molecule has 0 bridgehead atoms. The number of nitrogens with zero attached hydrogens (tertiary/aromatic N) is 1. The number of halogens is 1. The molecule has 3 aromatic rings. The van der Waals surface area contributed by atoms with Crippen molar-refractivity contribution >= 4 is 17.2 Å². The SMILES string of the molecule is Cc1ccc(C(CC(=O)c2cccc(F)c2)Nc2ccc([N+](=O)[O-])cc2)cc1. The number of nitrogens with one attached hydrogen (secondary N) is 1. The largest absolute Gasteiger partial charge is 0.378 e. The highest BCUT2D eigenvalue weighted by Crippen LogP contribution is 2.26. The summed E-state index contributed by atoms with van der Waals surface area (Å²) in [6.07, 6.45) is 0.115. The molecule has 0 saturated heterocycles. The van der Waals surface area contributed by atoms with E-state index in [-0.39, 0.29) is 23.9 Å². The van der Waals surface area contributed by atoms with E-state index in [0.717, 1.165) is 11.1 Å². The quantitative estimate of drug-likeness (QED) is 0.336. The van der Waals surface area contributed by atoms with Gasteiger partial charge in [0.2, 0.25) is 0 Å². The third-order valence-electron chi connectivity index (χ3n) is 4.43. The molecule has 1 atom stereocenters. The summed E-state index contributed by atoms with van der Waals surface area (Å²) >= 11 is 0. The van der Waals surface area contributed by atoms with Crippen molar-refractivity contribution in [3.8, 4) is 0 Å². The summed E-state index contributed by atoms with van der Waals surface area (Å²) in [6, 6.07) is 19.0. The Labute approximate surface area is 162 Å². The Hall–Kier alpha value is -3.54. The van der Waals surface area contributed by atoms with Crippen molar-refractivity contribution in [2.75, 3.05) is 5.32 Å². The number of carbonyl (C=O) groups excluding carboxylic acids is 1. The van der Waals surface area contributed by atoms with Crippen LogP contribution in [0.15, 0.2) is 72.8 Å². The number of hydrogen-bond acceptors (Lipinski definition) is 4. The van der Waals surface area contributed by atoms with Gasteiger partial charge in [0.1, 0.15) is 5.82 Å². The summed E-state index contributed by atoms with van der Waals surface area (Å²) in [7, 11) is 0. The van der Waals surface area contributed by atoms with E-state index in [2.05, 4.69) is 5.32 Å². The van der Waals surface area contributed by atoms with Crippen LogP contribution < -0.4 is 5.32 Å². The van der Waals surface area contributed by atoms with E-state index in [1.165, 1.54) is 30.3 Å². The van der Waals surface area contributed by atoms with E-state index in [4.69, 9.17) is 0 Å². The zero-order valence-corrected chi connectivity index (χ0v) is 15.3. The number of nitro groups is 1. The summed E-state index contributed by atoms with van der Waals surface area (Å²) in [5.41, 5.74) is 2.95. The molecule has 28 heavy (non-hydrogen) atoms. The number of ketones is 1. The number of anilines is 1. The van der Waals surface area contributed by atoms with Crippen molar-refractivity contribution in [2.24, 2.45) is 0 Å². The highest BCUT2D eigenvalue weighted by Gasteiger charge is 2.18. The second-order valence-corrected chi connectivity index (χ2v) is 6.55. The molecule has 142 valence electrons. The van der Waals surface area contributed by atoms with Gasteiger partial charge in [-0.05, 0) is 36.8 Å². The number of carbonyl (C=O) groups is 1. The molecular weight excluding hydrogens is 359 g/mol. The molecule has 0 spiro atoms. The molecular formula is C22H19FN2O3. The molecule has 0 amide bonds. The standard InChI is InChI=1S/C22H19FN2O3/c1-15-5-7-16(8-6-15)21(14-22(26)17-3-2-4-18(23)13-17)24-19-9-11-20(12-10-19)25(27)28/h2-13,21,24H,14H2,1H3. The van der Waals surface area contributed by atoms with Crippen LogP contribution in [-0.4, -0.2) is 10.7 Å². The van der Waals surface area contributed by atoms with Crippen LogP contribution in [0.1, 0.15) is 33.9 Å². The first-order chi connectivity index (χ1) is 13.4. The van der Waals surface area contributed by atoms with E-state index in [0.29, 0.717) is 11.3 Å². The second-order valence-electron chi connectivity index (χ2n) is 6.55. The van der Waals surface area contributed by atoms with E-state index in [1.807, 2.05) is 31.2 Å². The van der Waals surface area contributed by atoms with Gasteiger partial charge in [-0.25, -0.2) is 4.39 Å². The van der Waals surface area contributed by atoms with Crippen LogP contribution >= 0.6 is 0 Å². The van der Waals surface area contributed by atoms with Gasteiger partial charge in [0.05, 0.1) is 11.0 Å². The lowest BCUT2D eigenvalue weighted by Crippen LogP contribution is -2.16. The Balaban J connectivity index is 1.85. The summed E-state index contributed by atoms with van der Waals surface area (Å²) in [5.74, 6) is -0.652. The Kier molecular flexibility index (Phi) is 5.79. The molecule has 6 heteroatoms. The van der Waals surface area contributed by atoms with Crippen LogP contribution in [0.5, 0.6) is 0 Å². The molecule has 3 rings (SSSR count). The number of Topliss-reactive ketones (excluding diaryl/α,β-unsaturated/α-hetero) is 1. The van der Waals surface area contributed by atoms with Gasteiger partial charge in [-0.1, -0.05) is 42.0 Å². The second kappa shape index (κ2) is 8.43. The fraction of sp³-hybridized carbons (Fsp3) is 0.136. The summed E-state index contributed by atoms with van der Waals surface area (Å²) < 4.78 is 13.5. The van der Waals surface area contributed by atoms with Gasteiger partial charge < -0.3 is 5.32 Å². The highest BCUT2D eigenvalue weighted by atomic mass is 19.1. The van der Waals surface area contributed by atoms with Gasteiger partial charge in [-0.2, -0.15) is 0 Å². The van der Waals surface area contributed by atoms with Crippen molar-refractivity contribution in [3.05, 3.63) is 105 Å². The summed E-state index contributed by atoms with van der Waals surface area (Å²) in [5, 5.41) is 14.1. The number of hydrogen-bond donors (Lipinski definition) is 1. The van der Waals surface area contributed by atoms with Crippen LogP contribution in [-0.2, 0) is 0 Å². The first kappa shape index (κ1) is 19.2. The van der Waals surface area contributed by atoms with E-state index in [1.54, 1.807) is 18.2 Å². The van der Waals surface area contributed by atoms with Crippen LogP contribution in [0.25, 0.3) is 0 Å². The lowest BCUT2D eigenvalue weighted by molar-refractivity contribution is -0.384. The van der Waals surface area contributed by atoms with Crippen molar-refractivity contribution in [3.63, 3.8) is 0 Å². The maximum atomic E-state index is 13.5. The smallest absolute Gasteiger partial charge is 0.269 e. The third kappa shape index (κ3) is 4.79. The first-order valence-corrected chi connectivity index (χ1v) is 8.79. The van der Waals surface area contributed by atoms with Crippen LogP contribution in [0, 0.1) is 22.9 Å². The number of nitro benzene ring substituents is 1. The minimum absolute atomic E-state index is 0.00623. The van der Waals surface area contributed by atoms with Gasteiger partial charge in [0.25, 0.3) is 5.69 Å². The molecule has 0 fully saturated rings. The Morgan fingerprint density at radius 2 is 1.75 bits per heavy atom. The van der Waals surface area contributed by atoms with Crippen molar-refractivity contribution in [2.45, 2.75) is 19.4 Å². The van der Waals surface area contributed by atoms with Crippen LogP contribution in [0.3, 0.4) is 0 Å². The molecule has 0 aromatic heterocycles. The van der Waals surface area contributed by atoms with Gasteiger partial charge >= 0.3 is 0 Å². The van der Waals surface area contributed by atoms with Crippen molar-refractivity contribution in [1.82, 2.24) is 0 Å². The zero-order valence-electron chi connectivity index (χ0n) is 15.3. The number of benzene rings is 3. The number of rotatable bonds is 7. The van der Waals surface area contributed by atoms with Crippen molar-refractivity contribution < 1.29 is 14.1 Å². The molecule has 0 aliphatic rings. The van der Waals surface area contributed by atoms with Crippen LogP contribution in [0.4, 0.5) is 15.8 Å². The molecule has 3 aromatic carbocycles. The molecule has 0 aliphatic carbocycles. The minimum Gasteiger partial charge on any atom is -0.378 e. The molecule has 1 N–H and O–H groups in total. The van der Waals surface area contributed by atoms with Gasteiger partial charge in [-0.3, -0.25) is 14.9 Å². The molecule has 0 radical (unpaired) electrons. The van der Waals surface area contributed by atoms with Gasteiger partial charge in [-0.15, -0.1) is 0 Å². The zero-order chi connectivity index (χ0) is 20.1. The summed E-state index contributed by atoms with van der Waals surface area (Å²) in [6.45, 7) is 1.97. The average molecular weight is 378 g/mol. The Bertz CT molecular complexity index is 985. The number of non-ortho nitro benzene ring substituents is 1. The first-order valence-electron chi connectivity index (χ1n) is 8.79. The maximum absolute atomic E-state index is 13.5. The molecule has 0 saturated carbocycles. The lowest BCUT2D eigenvalue weighted by Gasteiger charge is -2.20. The molecule has 0 aliphatic heterocycles. The summed E-state index contributed by atoms with van der Waals surface area (Å²) in [4.78, 5) is 23.0. The maximum Gasteiger partial charge on any atom is 0.269 e. The van der Waals surface area contributed by atoms with Crippen molar-refractivity contribution in [1.29, 1.82) is 0 Å².